The Bertz CT molecular complexity index is 1030. The number of aromatic nitrogens is 1. The topological polar surface area (TPSA) is 71.1 Å². The molecule has 0 saturated heterocycles. The monoisotopic (exact) mass is 399 g/mol. The van der Waals surface area contributed by atoms with Crippen molar-refractivity contribution in [2.45, 2.75) is 13.1 Å². The van der Waals surface area contributed by atoms with Crippen molar-refractivity contribution < 1.29 is 22.8 Å². The molecular formula is C21H16F3N3O2. The molecule has 1 aromatic heterocycles. The second-order valence-corrected chi connectivity index (χ2v) is 6.22. The summed E-state index contributed by atoms with van der Waals surface area (Å²) in [6.07, 6.45) is -2.98. The zero-order valence-electron chi connectivity index (χ0n) is 15.2. The van der Waals surface area contributed by atoms with Crippen molar-refractivity contribution >= 4 is 28.8 Å². The molecule has 0 radical (unpaired) electrons. The quantitative estimate of drug-likeness (QED) is 0.571. The molecule has 148 valence electrons. The van der Waals surface area contributed by atoms with Gasteiger partial charge >= 0.3 is 6.18 Å². The van der Waals surface area contributed by atoms with Crippen molar-refractivity contribution in [1.82, 2.24) is 4.98 Å². The van der Waals surface area contributed by atoms with Crippen LogP contribution < -0.4 is 10.6 Å². The first-order chi connectivity index (χ1) is 13.7. The summed E-state index contributed by atoms with van der Waals surface area (Å²) in [5.74, 6) is -0.539. The number of hydrogen-bond donors (Lipinski definition) is 2. The van der Waals surface area contributed by atoms with Gasteiger partial charge in [0, 0.05) is 28.8 Å². The molecule has 3 aromatic rings. The predicted molar refractivity (Wildman–Crippen MR) is 103 cm³/mol. The molecule has 2 N–H and O–H groups in total. The molecule has 0 aliphatic carbocycles. The highest BCUT2D eigenvalue weighted by Crippen LogP contribution is 2.30. The number of carbonyl (C=O) groups is 2. The molecule has 0 atom stereocenters. The standard InChI is InChI=1S/C21H16F3N3O2/c1-13(28)14-2-6-17(7-3-14)27-20(29)19-12-18(10-11-25-19)26-16-8-4-15(5-9-16)21(22,23)24/h2-12H,1H3,(H,25,26)(H,27,29). The Morgan fingerprint density at radius 1 is 0.862 bits per heavy atom. The lowest BCUT2D eigenvalue weighted by Gasteiger charge is -2.10. The van der Waals surface area contributed by atoms with E-state index in [2.05, 4.69) is 15.6 Å². The molecule has 0 spiro atoms. The van der Waals surface area contributed by atoms with Crippen molar-refractivity contribution in [2.24, 2.45) is 0 Å². The van der Waals surface area contributed by atoms with Gasteiger partial charge in [0.2, 0.25) is 0 Å². The van der Waals surface area contributed by atoms with E-state index < -0.39 is 17.6 Å². The van der Waals surface area contributed by atoms with Crippen LogP contribution in [0, 0.1) is 0 Å². The van der Waals surface area contributed by atoms with Gasteiger partial charge in [0.1, 0.15) is 5.69 Å². The number of rotatable bonds is 5. The smallest absolute Gasteiger partial charge is 0.355 e. The number of pyridine rings is 1. The summed E-state index contributed by atoms with van der Waals surface area (Å²) in [5, 5.41) is 5.61. The summed E-state index contributed by atoms with van der Waals surface area (Å²) in [5.41, 5.74) is 1.35. The fourth-order valence-electron chi connectivity index (χ4n) is 2.53. The van der Waals surface area contributed by atoms with E-state index >= 15 is 0 Å². The van der Waals surface area contributed by atoms with E-state index in [0.717, 1.165) is 12.1 Å². The van der Waals surface area contributed by atoms with Crippen LogP contribution in [0.5, 0.6) is 0 Å². The number of ketones is 1. The van der Waals surface area contributed by atoms with Crippen LogP contribution in [0.1, 0.15) is 33.3 Å². The summed E-state index contributed by atoms with van der Waals surface area (Å²) in [4.78, 5) is 27.7. The lowest BCUT2D eigenvalue weighted by atomic mass is 10.1. The Morgan fingerprint density at radius 2 is 1.48 bits per heavy atom. The molecule has 0 unspecified atom stereocenters. The largest absolute Gasteiger partial charge is 0.416 e. The van der Waals surface area contributed by atoms with E-state index in [-0.39, 0.29) is 11.5 Å². The maximum absolute atomic E-state index is 12.6. The van der Waals surface area contributed by atoms with Gasteiger partial charge in [-0.1, -0.05) is 0 Å². The summed E-state index contributed by atoms with van der Waals surface area (Å²) >= 11 is 0. The zero-order valence-corrected chi connectivity index (χ0v) is 15.2. The number of carbonyl (C=O) groups excluding carboxylic acids is 2. The van der Waals surface area contributed by atoms with Crippen molar-refractivity contribution in [1.29, 1.82) is 0 Å². The highest BCUT2D eigenvalue weighted by Gasteiger charge is 2.29. The maximum atomic E-state index is 12.6. The lowest BCUT2D eigenvalue weighted by molar-refractivity contribution is -0.137. The van der Waals surface area contributed by atoms with Crippen LogP contribution in [-0.4, -0.2) is 16.7 Å². The third kappa shape index (κ3) is 5.19. The number of alkyl halides is 3. The molecule has 2 aromatic carbocycles. The van der Waals surface area contributed by atoms with Gasteiger partial charge in [-0.25, -0.2) is 0 Å². The SMILES string of the molecule is CC(=O)c1ccc(NC(=O)c2cc(Nc3ccc(C(F)(F)F)cc3)ccn2)cc1. The number of anilines is 3. The van der Waals surface area contributed by atoms with Crippen molar-refractivity contribution in [2.75, 3.05) is 10.6 Å². The molecule has 0 bridgehead atoms. The number of hydrogen-bond acceptors (Lipinski definition) is 4. The fraction of sp³-hybridized carbons (Fsp3) is 0.0952. The molecule has 3 rings (SSSR count). The summed E-state index contributed by atoms with van der Waals surface area (Å²) in [7, 11) is 0. The molecule has 0 aliphatic heterocycles. The minimum absolute atomic E-state index is 0.0772. The molecule has 5 nitrogen and oxygen atoms in total. The van der Waals surface area contributed by atoms with Crippen LogP contribution in [0.15, 0.2) is 66.9 Å². The van der Waals surface area contributed by atoms with Crippen LogP contribution in [0.25, 0.3) is 0 Å². The van der Waals surface area contributed by atoms with Gasteiger partial charge in [-0.15, -0.1) is 0 Å². The van der Waals surface area contributed by atoms with Crippen LogP contribution in [0.2, 0.25) is 0 Å². The van der Waals surface area contributed by atoms with Crippen molar-refractivity contribution in [3.63, 3.8) is 0 Å². The Kier molecular flexibility index (Phi) is 5.63. The fourth-order valence-corrected chi connectivity index (χ4v) is 2.53. The second kappa shape index (κ2) is 8.14. The minimum atomic E-state index is -4.40. The van der Waals surface area contributed by atoms with Crippen LogP contribution in [-0.2, 0) is 6.18 Å². The average Bonchev–Trinajstić information content (AvgIpc) is 2.68. The van der Waals surface area contributed by atoms with Gasteiger partial charge in [-0.05, 0) is 67.6 Å². The van der Waals surface area contributed by atoms with Gasteiger partial charge in [0.25, 0.3) is 5.91 Å². The predicted octanol–water partition coefficient (Wildman–Crippen LogP) is 5.30. The lowest BCUT2D eigenvalue weighted by Crippen LogP contribution is -2.14. The van der Waals surface area contributed by atoms with Gasteiger partial charge in [-0.2, -0.15) is 13.2 Å². The number of nitrogens with zero attached hydrogens (tertiary/aromatic N) is 1. The second-order valence-electron chi connectivity index (χ2n) is 6.22. The Morgan fingerprint density at radius 3 is 2.07 bits per heavy atom. The van der Waals surface area contributed by atoms with Crippen LogP contribution >= 0.6 is 0 Å². The highest BCUT2D eigenvalue weighted by molar-refractivity contribution is 6.03. The van der Waals surface area contributed by atoms with Gasteiger partial charge in [0.05, 0.1) is 5.56 Å². The molecule has 0 saturated carbocycles. The highest BCUT2D eigenvalue weighted by atomic mass is 19.4. The molecule has 0 fully saturated rings. The number of benzene rings is 2. The van der Waals surface area contributed by atoms with Gasteiger partial charge < -0.3 is 10.6 Å². The first-order valence-corrected chi connectivity index (χ1v) is 8.55. The molecule has 1 heterocycles. The first kappa shape index (κ1) is 20.1. The van der Waals surface area contributed by atoms with E-state index in [4.69, 9.17) is 0 Å². The molecule has 8 heteroatoms. The Hall–Kier alpha value is -3.68. The van der Waals surface area contributed by atoms with Crippen LogP contribution in [0.3, 0.4) is 0 Å². The Balaban J connectivity index is 1.70. The first-order valence-electron chi connectivity index (χ1n) is 8.55. The minimum Gasteiger partial charge on any atom is -0.355 e. The van der Waals surface area contributed by atoms with Crippen molar-refractivity contribution in [3.8, 4) is 0 Å². The third-order valence-corrected chi connectivity index (χ3v) is 4.04. The summed E-state index contributed by atoms with van der Waals surface area (Å²) < 4.78 is 37.9. The number of nitrogens with one attached hydrogen (secondary N) is 2. The van der Waals surface area contributed by atoms with E-state index in [1.807, 2.05) is 0 Å². The zero-order chi connectivity index (χ0) is 21.0. The van der Waals surface area contributed by atoms with E-state index in [9.17, 15) is 22.8 Å². The normalized spacial score (nSPS) is 11.0. The molecular weight excluding hydrogens is 383 g/mol. The van der Waals surface area contributed by atoms with E-state index in [1.54, 1.807) is 30.3 Å². The summed E-state index contributed by atoms with van der Waals surface area (Å²) in [6.45, 7) is 1.45. The maximum Gasteiger partial charge on any atom is 0.416 e. The summed E-state index contributed by atoms with van der Waals surface area (Å²) in [6, 6.07) is 14.1. The third-order valence-electron chi connectivity index (χ3n) is 4.04. The number of halogens is 3. The Labute approximate surface area is 164 Å². The van der Waals surface area contributed by atoms with Gasteiger partial charge in [-0.3, -0.25) is 14.6 Å². The number of Topliss-reactive ketones (excluding diaryl/α,β-unsaturated/α-hetero) is 1. The van der Waals surface area contributed by atoms with Crippen molar-refractivity contribution in [3.05, 3.63) is 83.7 Å². The van der Waals surface area contributed by atoms with Gasteiger partial charge in [0.15, 0.2) is 5.78 Å². The molecule has 0 aliphatic rings. The van der Waals surface area contributed by atoms with E-state index in [0.29, 0.717) is 22.6 Å². The number of amides is 1. The molecule has 29 heavy (non-hydrogen) atoms. The molecule has 1 amide bonds. The average molecular weight is 399 g/mol. The van der Waals surface area contributed by atoms with E-state index in [1.165, 1.54) is 31.3 Å². The van der Waals surface area contributed by atoms with Crippen LogP contribution in [0.4, 0.5) is 30.2 Å².